The van der Waals surface area contributed by atoms with Crippen LogP contribution in [0.5, 0.6) is 0 Å². The summed E-state index contributed by atoms with van der Waals surface area (Å²) >= 11 is 0. The summed E-state index contributed by atoms with van der Waals surface area (Å²) in [7, 11) is 0. The lowest BCUT2D eigenvalue weighted by Crippen LogP contribution is -2.51. The van der Waals surface area contributed by atoms with Gasteiger partial charge in [-0.1, -0.05) is 18.2 Å². The van der Waals surface area contributed by atoms with E-state index >= 15 is 0 Å². The first kappa shape index (κ1) is 15.7. The number of piperidine rings is 1. The molecule has 1 saturated heterocycles. The summed E-state index contributed by atoms with van der Waals surface area (Å²) in [6.45, 7) is 4.79. The number of nitrogens with zero attached hydrogens (tertiary/aromatic N) is 3. The molecular weight excluding hydrogens is 288 g/mol. The van der Waals surface area contributed by atoms with Crippen molar-refractivity contribution in [3.8, 4) is 5.69 Å². The van der Waals surface area contributed by atoms with Crippen LogP contribution in [0.15, 0.2) is 36.7 Å². The van der Waals surface area contributed by atoms with Gasteiger partial charge in [0.05, 0.1) is 17.4 Å². The van der Waals surface area contributed by atoms with Crippen molar-refractivity contribution in [1.29, 1.82) is 0 Å². The molecule has 3 rings (SSSR count). The van der Waals surface area contributed by atoms with Crippen molar-refractivity contribution < 1.29 is 4.79 Å². The lowest BCUT2D eigenvalue weighted by molar-refractivity contribution is 0.0584. The number of carbonyl (C=O) groups excluding carboxylic acids is 1. The quantitative estimate of drug-likeness (QED) is 0.947. The number of amides is 1. The van der Waals surface area contributed by atoms with Gasteiger partial charge >= 0.3 is 0 Å². The maximum Gasteiger partial charge on any atom is 0.257 e. The molecule has 5 nitrogen and oxygen atoms in total. The van der Waals surface area contributed by atoms with Crippen LogP contribution in [0.4, 0.5) is 0 Å². The second kappa shape index (κ2) is 6.54. The molecule has 0 saturated carbocycles. The number of nitrogens with two attached hydrogens (primary N) is 1. The smallest absolute Gasteiger partial charge is 0.257 e. The Morgan fingerprint density at radius 1 is 1.35 bits per heavy atom. The lowest BCUT2D eigenvalue weighted by Gasteiger charge is -2.37. The summed E-state index contributed by atoms with van der Waals surface area (Å²) in [5, 5.41) is 4.37. The molecule has 0 unspecified atom stereocenters. The number of aryl methyl sites for hydroxylation is 1. The molecule has 2 heterocycles. The van der Waals surface area contributed by atoms with Crippen molar-refractivity contribution in [1.82, 2.24) is 14.7 Å². The highest BCUT2D eigenvalue weighted by Gasteiger charge is 2.30. The molecule has 5 heteroatoms. The molecule has 0 bridgehead atoms. The van der Waals surface area contributed by atoms with Crippen molar-refractivity contribution in [2.75, 3.05) is 6.54 Å². The fraction of sp³-hybridized carbons (Fsp3) is 0.444. The van der Waals surface area contributed by atoms with Crippen LogP contribution in [0.2, 0.25) is 0 Å². The fourth-order valence-electron chi connectivity index (χ4n) is 3.31. The number of aromatic nitrogens is 2. The molecule has 2 N–H and O–H groups in total. The fourth-order valence-corrected chi connectivity index (χ4v) is 3.31. The van der Waals surface area contributed by atoms with E-state index in [0.717, 1.165) is 37.1 Å². The van der Waals surface area contributed by atoms with Crippen LogP contribution in [-0.2, 0) is 0 Å². The highest BCUT2D eigenvalue weighted by Crippen LogP contribution is 2.22. The van der Waals surface area contributed by atoms with Gasteiger partial charge in [0.2, 0.25) is 0 Å². The van der Waals surface area contributed by atoms with E-state index in [9.17, 15) is 4.79 Å². The van der Waals surface area contributed by atoms with Gasteiger partial charge in [-0.2, -0.15) is 5.10 Å². The number of rotatable bonds is 3. The van der Waals surface area contributed by atoms with Gasteiger partial charge in [0.1, 0.15) is 0 Å². The molecule has 122 valence electrons. The third kappa shape index (κ3) is 3.15. The number of likely N-dealkylation sites (tertiary alicyclic amines) is 1. The minimum absolute atomic E-state index is 0.00865. The largest absolute Gasteiger partial charge is 0.334 e. The van der Waals surface area contributed by atoms with Crippen molar-refractivity contribution in [3.63, 3.8) is 0 Å². The van der Waals surface area contributed by atoms with Crippen LogP contribution in [-0.4, -0.2) is 39.2 Å². The zero-order valence-corrected chi connectivity index (χ0v) is 13.8. The molecule has 1 aromatic carbocycles. The van der Waals surface area contributed by atoms with Crippen LogP contribution in [0.25, 0.3) is 5.69 Å². The van der Waals surface area contributed by atoms with Crippen LogP contribution >= 0.6 is 0 Å². The van der Waals surface area contributed by atoms with Crippen LogP contribution in [0.3, 0.4) is 0 Å². The summed E-state index contributed by atoms with van der Waals surface area (Å²) in [6.07, 6.45) is 6.63. The molecule has 1 aromatic heterocycles. The Balaban J connectivity index is 1.85. The van der Waals surface area contributed by atoms with Gasteiger partial charge in [-0.3, -0.25) is 4.79 Å². The SMILES string of the molecule is Cc1ccccc1-n1cc(C(=O)N2CCCC[C@@H]2[C@@H](C)N)cn1. The van der Waals surface area contributed by atoms with E-state index in [4.69, 9.17) is 5.73 Å². The van der Waals surface area contributed by atoms with Crippen molar-refractivity contribution in [3.05, 3.63) is 47.8 Å². The number of hydrogen-bond acceptors (Lipinski definition) is 3. The molecule has 2 aromatic rings. The van der Waals surface area contributed by atoms with Gasteiger partial charge in [-0.05, 0) is 44.7 Å². The maximum absolute atomic E-state index is 12.9. The van der Waals surface area contributed by atoms with Gasteiger partial charge in [0.15, 0.2) is 0 Å². The second-order valence-electron chi connectivity index (χ2n) is 6.38. The molecule has 1 aliphatic rings. The number of carbonyl (C=O) groups is 1. The Kier molecular flexibility index (Phi) is 4.48. The van der Waals surface area contributed by atoms with Gasteiger partial charge in [0.25, 0.3) is 5.91 Å². The van der Waals surface area contributed by atoms with E-state index in [2.05, 4.69) is 5.10 Å². The first-order chi connectivity index (χ1) is 11.1. The van der Waals surface area contributed by atoms with Crippen LogP contribution in [0, 0.1) is 6.92 Å². The van der Waals surface area contributed by atoms with Crippen molar-refractivity contribution in [2.24, 2.45) is 5.73 Å². The van der Waals surface area contributed by atoms with Gasteiger partial charge in [-0.15, -0.1) is 0 Å². The van der Waals surface area contributed by atoms with E-state index in [-0.39, 0.29) is 18.0 Å². The Bertz CT molecular complexity index is 692. The zero-order valence-electron chi connectivity index (χ0n) is 13.8. The minimum Gasteiger partial charge on any atom is -0.334 e. The minimum atomic E-state index is -0.00865. The highest BCUT2D eigenvalue weighted by molar-refractivity contribution is 5.94. The first-order valence-electron chi connectivity index (χ1n) is 8.25. The average molecular weight is 312 g/mol. The van der Waals surface area contributed by atoms with Crippen LogP contribution in [0.1, 0.15) is 42.1 Å². The number of benzene rings is 1. The second-order valence-corrected chi connectivity index (χ2v) is 6.38. The van der Waals surface area contributed by atoms with Gasteiger partial charge in [0, 0.05) is 24.8 Å². The Morgan fingerprint density at radius 3 is 2.87 bits per heavy atom. The third-order valence-corrected chi connectivity index (χ3v) is 4.61. The molecule has 2 atom stereocenters. The topological polar surface area (TPSA) is 64.2 Å². The molecular formula is C18H24N4O. The van der Waals surface area contributed by atoms with E-state index in [1.807, 2.05) is 49.2 Å². The molecule has 0 spiro atoms. The summed E-state index contributed by atoms with van der Waals surface area (Å²) < 4.78 is 1.77. The van der Waals surface area contributed by atoms with Gasteiger partial charge in [-0.25, -0.2) is 4.68 Å². The highest BCUT2D eigenvalue weighted by atomic mass is 16.2. The lowest BCUT2D eigenvalue weighted by atomic mass is 9.96. The summed E-state index contributed by atoms with van der Waals surface area (Å²) in [5.41, 5.74) is 8.82. The predicted octanol–water partition coefficient (Wildman–Crippen LogP) is 2.52. The monoisotopic (exact) mass is 312 g/mol. The Labute approximate surface area is 137 Å². The molecule has 0 aliphatic carbocycles. The summed E-state index contributed by atoms with van der Waals surface area (Å²) in [6, 6.07) is 8.12. The van der Waals surface area contributed by atoms with Crippen LogP contribution < -0.4 is 5.73 Å². The Morgan fingerprint density at radius 2 is 2.13 bits per heavy atom. The van der Waals surface area contributed by atoms with Crippen molar-refractivity contribution in [2.45, 2.75) is 45.2 Å². The summed E-state index contributed by atoms with van der Waals surface area (Å²) in [5.74, 6) is 0.0341. The molecule has 1 fully saturated rings. The van der Waals surface area contributed by atoms with E-state index in [1.54, 1.807) is 10.9 Å². The molecule has 1 aliphatic heterocycles. The predicted molar refractivity (Wildman–Crippen MR) is 90.6 cm³/mol. The van der Waals surface area contributed by atoms with Crippen molar-refractivity contribution >= 4 is 5.91 Å². The number of para-hydroxylation sites is 1. The standard InChI is InChI=1S/C18H24N4O/c1-13-7-3-4-8-16(13)22-12-15(11-20-22)18(23)21-10-6-5-9-17(21)14(2)19/h3-4,7-8,11-12,14,17H,5-6,9-10,19H2,1-2H3/t14-,17-/m1/s1. The average Bonchev–Trinajstić information content (AvgIpc) is 3.04. The normalized spacial score (nSPS) is 19.6. The maximum atomic E-state index is 12.9. The molecule has 0 radical (unpaired) electrons. The van der Waals surface area contributed by atoms with E-state index < -0.39 is 0 Å². The summed E-state index contributed by atoms with van der Waals surface area (Å²) in [4.78, 5) is 14.8. The van der Waals surface area contributed by atoms with Gasteiger partial charge < -0.3 is 10.6 Å². The Hall–Kier alpha value is -2.14. The third-order valence-electron chi connectivity index (χ3n) is 4.61. The van der Waals surface area contributed by atoms with E-state index in [1.165, 1.54) is 0 Å². The number of hydrogen-bond donors (Lipinski definition) is 1. The zero-order chi connectivity index (χ0) is 16.4. The first-order valence-corrected chi connectivity index (χ1v) is 8.25. The molecule has 23 heavy (non-hydrogen) atoms. The molecule has 1 amide bonds. The van der Waals surface area contributed by atoms with E-state index in [0.29, 0.717) is 5.56 Å².